The maximum absolute atomic E-state index is 3.58. The molecule has 1 fully saturated rings. The van der Waals surface area contributed by atoms with Gasteiger partial charge in [-0.3, -0.25) is 0 Å². The molecular weight excluding hydrogens is 160 g/mol. The Kier molecular flexibility index (Phi) is 3.74. The lowest BCUT2D eigenvalue weighted by molar-refractivity contribution is 0.210. The fourth-order valence-corrected chi connectivity index (χ4v) is 2.10. The summed E-state index contributed by atoms with van der Waals surface area (Å²) in [5, 5.41) is 3.58. The smallest absolute Gasteiger partial charge is 0.0252 e. The molecule has 0 atom stereocenters. The molecule has 0 amide bonds. The quantitative estimate of drug-likeness (QED) is 0.703. The first-order chi connectivity index (χ1) is 5.99. The third-order valence-corrected chi connectivity index (χ3v) is 2.50. The second-order valence-electron chi connectivity index (χ2n) is 5.29. The number of nitrogens with one attached hydrogen (secondary N) is 1. The van der Waals surface area contributed by atoms with Crippen LogP contribution in [0.3, 0.4) is 0 Å². The predicted molar refractivity (Wildman–Crippen MR) is 58.0 cm³/mol. The molecule has 13 heavy (non-hydrogen) atoms. The number of rotatable bonds is 2. The summed E-state index contributed by atoms with van der Waals surface area (Å²) in [6.07, 6.45) is 1.29. The van der Waals surface area contributed by atoms with Gasteiger partial charge in [-0.15, -0.1) is 0 Å². The van der Waals surface area contributed by atoms with Crippen LogP contribution in [0.5, 0.6) is 0 Å². The van der Waals surface area contributed by atoms with Gasteiger partial charge < -0.3 is 10.2 Å². The topological polar surface area (TPSA) is 15.3 Å². The summed E-state index contributed by atoms with van der Waals surface area (Å²) in [7, 11) is 0. The average Bonchev–Trinajstić information content (AvgIpc) is 2.09. The van der Waals surface area contributed by atoms with E-state index in [0.717, 1.165) is 5.92 Å². The van der Waals surface area contributed by atoms with Gasteiger partial charge in [0.25, 0.3) is 0 Å². The second kappa shape index (κ2) is 4.43. The summed E-state index contributed by atoms with van der Waals surface area (Å²) in [5.41, 5.74) is 0.297. The average molecular weight is 184 g/mol. The zero-order valence-corrected chi connectivity index (χ0v) is 9.56. The van der Waals surface area contributed by atoms with Gasteiger partial charge in [-0.1, -0.05) is 13.8 Å². The minimum absolute atomic E-state index is 0.297. The van der Waals surface area contributed by atoms with Crippen LogP contribution in [-0.2, 0) is 0 Å². The van der Waals surface area contributed by atoms with E-state index in [4.69, 9.17) is 0 Å². The number of hydrogen-bond acceptors (Lipinski definition) is 2. The van der Waals surface area contributed by atoms with Crippen molar-refractivity contribution in [2.24, 2.45) is 5.92 Å². The van der Waals surface area contributed by atoms with Crippen molar-refractivity contribution in [3.8, 4) is 0 Å². The Hall–Kier alpha value is -0.0800. The molecule has 0 unspecified atom stereocenters. The summed E-state index contributed by atoms with van der Waals surface area (Å²) in [6.45, 7) is 14.0. The first kappa shape index (κ1) is 11.0. The molecule has 2 heteroatoms. The van der Waals surface area contributed by atoms with Gasteiger partial charge >= 0.3 is 0 Å². The van der Waals surface area contributed by atoms with Crippen LogP contribution in [0.25, 0.3) is 0 Å². The highest BCUT2D eigenvalue weighted by Gasteiger charge is 2.23. The van der Waals surface area contributed by atoms with Crippen LogP contribution in [0.4, 0.5) is 0 Å². The third-order valence-electron chi connectivity index (χ3n) is 2.50. The fourth-order valence-electron chi connectivity index (χ4n) is 2.10. The second-order valence-corrected chi connectivity index (χ2v) is 5.29. The van der Waals surface area contributed by atoms with Gasteiger partial charge in [-0.25, -0.2) is 0 Å². The van der Waals surface area contributed by atoms with Crippen molar-refractivity contribution in [2.75, 3.05) is 26.2 Å². The molecule has 1 aliphatic heterocycles. The van der Waals surface area contributed by atoms with E-state index in [1.54, 1.807) is 0 Å². The Morgan fingerprint density at radius 2 is 2.08 bits per heavy atom. The molecule has 1 aliphatic rings. The van der Waals surface area contributed by atoms with Crippen LogP contribution in [0.2, 0.25) is 0 Å². The van der Waals surface area contributed by atoms with Crippen LogP contribution in [-0.4, -0.2) is 36.6 Å². The Labute approximate surface area is 82.7 Å². The van der Waals surface area contributed by atoms with E-state index in [1.165, 1.54) is 32.6 Å². The molecule has 0 aromatic heterocycles. The molecule has 1 N–H and O–H groups in total. The van der Waals surface area contributed by atoms with Gasteiger partial charge in [-0.05, 0) is 39.3 Å². The molecule has 0 aromatic carbocycles. The fraction of sp³-hybridized carbons (Fsp3) is 1.00. The minimum atomic E-state index is 0.297. The van der Waals surface area contributed by atoms with Crippen LogP contribution < -0.4 is 5.32 Å². The molecule has 0 radical (unpaired) electrons. The molecule has 0 saturated carbocycles. The molecule has 1 heterocycles. The van der Waals surface area contributed by atoms with Crippen molar-refractivity contribution in [2.45, 2.75) is 39.7 Å². The summed E-state index contributed by atoms with van der Waals surface area (Å²) < 4.78 is 0. The summed E-state index contributed by atoms with van der Waals surface area (Å²) in [4.78, 5) is 2.59. The normalized spacial score (nSPS) is 24.7. The first-order valence-electron chi connectivity index (χ1n) is 5.47. The highest BCUT2D eigenvalue weighted by atomic mass is 15.2. The lowest BCUT2D eigenvalue weighted by Gasteiger charge is -2.30. The van der Waals surface area contributed by atoms with E-state index in [1.807, 2.05) is 0 Å². The number of nitrogens with zero attached hydrogens (tertiary/aromatic N) is 1. The van der Waals surface area contributed by atoms with Crippen molar-refractivity contribution in [3.63, 3.8) is 0 Å². The van der Waals surface area contributed by atoms with Gasteiger partial charge in [-0.2, -0.15) is 0 Å². The Bertz CT molecular complexity index is 152. The van der Waals surface area contributed by atoms with Crippen molar-refractivity contribution in [3.05, 3.63) is 0 Å². The van der Waals surface area contributed by atoms with Gasteiger partial charge in [0.05, 0.1) is 0 Å². The lowest BCUT2D eigenvalue weighted by atomic mass is 10.1. The van der Waals surface area contributed by atoms with Crippen LogP contribution in [0, 0.1) is 5.92 Å². The standard InChI is InChI=1S/C11H24N2/c1-10(2)8-13-7-5-6-12-11(3,4)9-13/h10,12H,5-9H2,1-4H3. The Morgan fingerprint density at radius 3 is 2.69 bits per heavy atom. The largest absolute Gasteiger partial charge is 0.310 e. The summed E-state index contributed by atoms with van der Waals surface area (Å²) >= 11 is 0. The van der Waals surface area contributed by atoms with E-state index in [9.17, 15) is 0 Å². The van der Waals surface area contributed by atoms with Crippen LogP contribution >= 0.6 is 0 Å². The molecule has 1 saturated heterocycles. The Morgan fingerprint density at radius 1 is 1.38 bits per heavy atom. The number of hydrogen-bond donors (Lipinski definition) is 1. The predicted octanol–water partition coefficient (Wildman–Crippen LogP) is 1.72. The third kappa shape index (κ3) is 4.10. The molecule has 0 aliphatic carbocycles. The van der Waals surface area contributed by atoms with Crippen molar-refractivity contribution >= 4 is 0 Å². The van der Waals surface area contributed by atoms with Gasteiger partial charge in [0.2, 0.25) is 0 Å². The minimum Gasteiger partial charge on any atom is -0.310 e. The monoisotopic (exact) mass is 184 g/mol. The SMILES string of the molecule is CC(C)CN1CCCNC(C)(C)C1. The molecule has 2 nitrogen and oxygen atoms in total. The zero-order valence-electron chi connectivity index (χ0n) is 9.56. The van der Waals surface area contributed by atoms with Crippen molar-refractivity contribution in [1.29, 1.82) is 0 Å². The van der Waals surface area contributed by atoms with E-state index < -0.39 is 0 Å². The maximum atomic E-state index is 3.58. The summed E-state index contributed by atoms with van der Waals surface area (Å²) in [5.74, 6) is 0.786. The molecule has 0 aromatic rings. The van der Waals surface area contributed by atoms with Crippen molar-refractivity contribution < 1.29 is 0 Å². The summed E-state index contributed by atoms with van der Waals surface area (Å²) in [6, 6.07) is 0. The molecule has 0 spiro atoms. The molecule has 78 valence electrons. The van der Waals surface area contributed by atoms with E-state index >= 15 is 0 Å². The van der Waals surface area contributed by atoms with Gasteiger partial charge in [0.1, 0.15) is 0 Å². The van der Waals surface area contributed by atoms with Crippen LogP contribution in [0.15, 0.2) is 0 Å². The molecule has 0 bridgehead atoms. The molecular formula is C11H24N2. The van der Waals surface area contributed by atoms with Crippen LogP contribution in [0.1, 0.15) is 34.1 Å². The van der Waals surface area contributed by atoms with Crippen molar-refractivity contribution in [1.82, 2.24) is 10.2 Å². The zero-order chi connectivity index (χ0) is 9.90. The van der Waals surface area contributed by atoms with Gasteiger partial charge in [0, 0.05) is 18.6 Å². The lowest BCUT2D eigenvalue weighted by Crippen LogP contribution is -2.47. The highest BCUT2D eigenvalue weighted by molar-refractivity contribution is 4.84. The van der Waals surface area contributed by atoms with E-state index in [-0.39, 0.29) is 0 Å². The first-order valence-corrected chi connectivity index (χ1v) is 5.47. The van der Waals surface area contributed by atoms with E-state index in [0.29, 0.717) is 5.54 Å². The highest BCUT2D eigenvalue weighted by Crippen LogP contribution is 2.11. The van der Waals surface area contributed by atoms with E-state index in [2.05, 4.69) is 37.9 Å². The molecule has 1 rings (SSSR count). The maximum Gasteiger partial charge on any atom is 0.0252 e. The van der Waals surface area contributed by atoms with Gasteiger partial charge in [0.15, 0.2) is 0 Å². The Balaban J connectivity index is 2.45.